The Bertz CT molecular complexity index is 2140. The third kappa shape index (κ3) is 3.62. The maximum atomic E-state index is 9.53. The molecule has 0 saturated carbocycles. The molecule has 0 radical (unpaired) electrons. The van der Waals surface area contributed by atoms with Crippen molar-refractivity contribution in [2.45, 2.75) is 0 Å². The van der Waals surface area contributed by atoms with Crippen LogP contribution in [0, 0.1) is 22.7 Å². The van der Waals surface area contributed by atoms with Crippen LogP contribution in [0.3, 0.4) is 0 Å². The molecule has 0 fully saturated rings. The average Bonchev–Trinajstić information content (AvgIpc) is 3.34. The molecule has 0 aliphatic rings. The zero-order valence-electron chi connectivity index (χ0n) is 20.7. The van der Waals surface area contributed by atoms with Gasteiger partial charge in [0.1, 0.15) is 0 Å². The number of nitriles is 2. The number of rotatable bonds is 3. The number of hydrogen-bond donors (Lipinski definition) is 0. The van der Waals surface area contributed by atoms with Gasteiger partial charge >= 0.3 is 0 Å². The molecule has 39 heavy (non-hydrogen) atoms. The molecule has 3 heterocycles. The van der Waals surface area contributed by atoms with Gasteiger partial charge in [-0.25, -0.2) is 0 Å². The van der Waals surface area contributed by atoms with E-state index in [9.17, 15) is 10.5 Å². The molecule has 7 rings (SSSR count). The molecular weight excluding hydrogens is 478 g/mol. The van der Waals surface area contributed by atoms with Crippen molar-refractivity contribution in [3.8, 4) is 40.3 Å². The first kappa shape index (κ1) is 22.4. The van der Waals surface area contributed by atoms with Crippen LogP contribution in [0.25, 0.3) is 60.8 Å². The lowest BCUT2D eigenvalue weighted by atomic mass is 9.96. The Morgan fingerprint density at radius 2 is 1.23 bits per heavy atom. The van der Waals surface area contributed by atoms with E-state index < -0.39 is 0 Å². The Morgan fingerprint density at radius 1 is 0.564 bits per heavy atom. The van der Waals surface area contributed by atoms with E-state index in [1.807, 2.05) is 36.4 Å². The van der Waals surface area contributed by atoms with Crippen LogP contribution in [-0.4, -0.2) is 14.5 Å². The lowest BCUT2D eigenvalue weighted by Gasteiger charge is -2.12. The zero-order valence-corrected chi connectivity index (χ0v) is 20.7. The second-order valence-corrected chi connectivity index (χ2v) is 9.35. The molecule has 0 spiro atoms. The van der Waals surface area contributed by atoms with Gasteiger partial charge in [0, 0.05) is 40.0 Å². The van der Waals surface area contributed by atoms with Gasteiger partial charge < -0.3 is 4.57 Å². The first-order valence-electron chi connectivity index (χ1n) is 12.5. The van der Waals surface area contributed by atoms with Gasteiger partial charge in [0.15, 0.2) is 0 Å². The average molecular weight is 498 g/mol. The van der Waals surface area contributed by atoms with Crippen LogP contribution in [-0.2, 0) is 0 Å². The summed E-state index contributed by atoms with van der Waals surface area (Å²) in [5.41, 5.74) is 7.69. The van der Waals surface area contributed by atoms with Crippen LogP contribution < -0.4 is 0 Å². The van der Waals surface area contributed by atoms with Gasteiger partial charge in [-0.05, 0) is 59.3 Å². The van der Waals surface area contributed by atoms with Crippen molar-refractivity contribution in [1.29, 1.82) is 10.5 Å². The van der Waals surface area contributed by atoms with E-state index in [4.69, 9.17) is 0 Å². The minimum absolute atomic E-state index is 0.574. The Hall–Kier alpha value is -5.78. The number of benzene rings is 4. The highest BCUT2D eigenvalue weighted by Crippen LogP contribution is 2.42. The van der Waals surface area contributed by atoms with Gasteiger partial charge in [-0.3, -0.25) is 9.97 Å². The summed E-state index contributed by atoms with van der Waals surface area (Å²) in [7, 11) is 0. The van der Waals surface area contributed by atoms with Crippen molar-refractivity contribution in [2.24, 2.45) is 0 Å². The molecule has 0 bridgehead atoms. The summed E-state index contributed by atoms with van der Waals surface area (Å²) in [5, 5.41) is 23.4. The summed E-state index contributed by atoms with van der Waals surface area (Å²) in [5.74, 6) is 0. The molecule has 180 valence electrons. The molecule has 4 aromatic carbocycles. The van der Waals surface area contributed by atoms with Gasteiger partial charge in [-0.2, -0.15) is 10.5 Å². The summed E-state index contributed by atoms with van der Waals surface area (Å²) < 4.78 is 2.27. The van der Waals surface area contributed by atoms with Crippen molar-refractivity contribution in [3.63, 3.8) is 0 Å². The molecule has 0 atom stereocenters. The fourth-order valence-electron chi connectivity index (χ4n) is 5.41. The predicted molar refractivity (Wildman–Crippen MR) is 154 cm³/mol. The van der Waals surface area contributed by atoms with Gasteiger partial charge in [0.25, 0.3) is 0 Å². The molecule has 0 unspecified atom stereocenters. The first-order chi connectivity index (χ1) is 19.2. The molecule has 0 N–H and O–H groups in total. The number of fused-ring (bicyclic) bond motifs is 5. The molecule has 0 amide bonds. The summed E-state index contributed by atoms with van der Waals surface area (Å²) >= 11 is 0. The maximum Gasteiger partial charge on any atom is 0.0992 e. The number of nitrogens with zero attached hydrogens (tertiary/aromatic N) is 5. The number of hydrogen-bond acceptors (Lipinski definition) is 4. The Morgan fingerprint density at radius 3 is 1.97 bits per heavy atom. The molecule has 0 aliphatic heterocycles. The summed E-state index contributed by atoms with van der Waals surface area (Å²) in [6.45, 7) is 0. The fraction of sp³-hybridized carbons (Fsp3) is 0. The smallest absolute Gasteiger partial charge is 0.0992 e. The summed E-state index contributed by atoms with van der Waals surface area (Å²) in [6.07, 6.45) is 3.36. The van der Waals surface area contributed by atoms with Gasteiger partial charge in [-0.1, -0.05) is 54.6 Å². The number of pyridine rings is 2. The molecule has 0 saturated heterocycles. The van der Waals surface area contributed by atoms with Gasteiger partial charge in [-0.15, -0.1) is 0 Å². The molecule has 5 nitrogen and oxygen atoms in total. The highest BCUT2D eigenvalue weighted by Gasteiger charge is 2.19. The Kier molecular flexibility index (Phi) is 5.15. The SMILES string of the molecule is N#Cc1ccnc(-c2ccc3c4c5ccccc5c(-c5cc(C#N)ccn5)cc4n(-c4ccccc4)c3c2)c1. The molecule has 7 aromatic rings. The van der Waals surface area contributed by atoms with Crippen LogP contribution in [0.5, 0.6) is 0 Å². The zero-order chi connectivity index (χ0) is 26.3. The van der Waals surface area contributed by atoms with Crippen LogP contribution in [0.15, 0.2) is 116 Å². The monoisotopic (exact) mass is 497 g/mol. The van der Waals surface area contributed by atoms with E-state index >= 15 is 0 Å². The summed E-state index contributed by atoms with van der Waals surface area (Å²) in [4.78, 5) is 9.19. The first-order valence-corrected chi connectivity index (χ1v) is 12.5. The van der Waals surface area contributed by atoms with Crippen molar-refractivity contribution >= 4 is 32.6 Å². The Labute approximate surface area is 224 Å². The minimum Gasteiger partial charge on any atom is -0.309 e. The van der Waals surface area contributed by atoms with Crippen molar-refractivity contribution in [3.05, 3.63) is 127 Å². The van der Waals surface area contributed by atoms with E-state index in [0.29, 0.717) is 11.1 Å². The summed E-state index contributed by atoms with van der Waals surface area (Å²) in [6, 6.07) is 38.7. The van der Waals surface area contributed by atoms with Gasteiger partial charge in [0.05, 0.1) is 45.7 Å². The van der Waals surface area contributed by atoms with Crippen LogP contribution in [0.2, 0.25) is 0 Å². The number of aromatic nitrogens is 3. The minimum atomic E-state index is 0.574. The maximum absolute atomic E-state index is 9.53. The Balaban J connectivity index is 1.63. The van der Waals surface area contributed by atoms with E-state index in [2.05, 4.69) is 81.3 Å². The molecule has 3 aromatic heterocycles. The van der Waals surface area contributed by atoms with Crippen molar-refractivity contribution in [2.75, 3.05) is 0 Å². The van der Waals surface area contributed by atoms with E-state index in [1.54, 1.807) is 24.5 Å². The highest BCUT2D eigenvalue weighted by molar-refractivity contribution is 6.24. The van der Waals surface area contributed by atoms with E-state index in [1.165, 1.54) is 0 Å². The standard InChI is InChI=1S/C34H19N5/c35-20-22-12-14-37-30(16-22)24-10-11-28-32(18-24)39(25-6-2-1-3-7-25)33-19-29(31-17-23(21-36)13-15-38-31)26-8-4-5-9-27(26)34(28)33/h1-19H. The second-order valence-electron chi connectivity index (χ2n) is 9.35. The van der Waals surface area contributed by atoms with Crippen molar-refractivity contribution < 1.29 is 0 Å². The highest BCUT2D eigenvalue weighted by atomic mass is 15.0. The molecule has 0 aliphatic carbocycles. The normalized spacial score (nSPS) is 11.0. The largest absolute Gasteiger partial charge is 0.309 e. The van der Waals surface area contributed by atoms with E-state index in [0.717, 1.165) is 60.8 Å². The number of para-hydroxylation sites is 1. The fourth-order valence-corrected chi connectivity index (χ4v) is 5.41. The van der Waals surface area contributed by atoms with Crippen molar-refractivity contribution in [1.82, 2.24) is 14.5 Å². The second kappa shape index (κ2) is 8.95. The lowest BCUT2D eigenvalue weighted by Crippen LogP contribution is -1.95. The molecular formula is C34H19N5. The predicted octanol–water partition coefficient (Wildman–Crippen LogP) is 7.80. The topological polar surface area (TPSA) is 78.3 Å². The third-order valence-corrected chi connectivity index (χ3v) is 7.14. The van der Waals surface area contributed by atoms with Crippen LogP contribution >= 0.6 is 0 Å². The van der Waals surface area contributed by atoms with Crippen LogP contribution in [0.4, 0.5) is 0 Å². The van der Waals surface area contributed by atoms with Gasteiger partial charge in [0.2, 0.25) is 0 Å². The lowest BCUT2D eigenvalue weighted by molar-refractivity contribution is 1.18. The third-order valence-electron chi connectivity index (χ3n) is 7.14. The molecule has 5 heteroatoms. The quantitative estimate of drug-likeness (QED) is 0.249. The van der Waals surface area contributed by atoms with Crippen LogP contribution in [0.1, 0.15) is 11.1 Å². The van der Waals surface area contributed by atoms with E-state index in [-0.39, 0.29) is 0 Å².